The molecular formula is C17H12F4N2O2S. The van der Waals surface area contributed by atoms with Gasteiger partial charge in [0.1, 0.15) is 5.82 Å². The first-order valence-electron chi connectivity index (χ1n) is 7.47. The molecule has 0 fully saturated rings. The summed E-state index contributed by atoms with van der Waals surface area (Å²) in [6.07, 6.45) is -4.76. The molecule has 0 radical (unpaired) electrons. The third kappa shape index (κ3) is 3.98. The first-order chi connectivity index (χ1) is 12.2. The first kappa shape index (κ1) is 18.2. The highest BCUT2D eigenvalue weighted by Gasteiger charge is 2.34. The monoisotopic (exact) mass is 384 g/mol. The van der Waals surface area contributed by atoms with E-state index in [0.717, 1.165) is 23.9 Å². The molecular weight excluding hydrogens is 372 g/mol. The molecule has 0 aromatic heterocycles. The zero-order valence-electron chi connectivity index (χ0n) is 13.1. The normalized spacial score (nSPS) is 16.6. The molecule has 26 heavy (non-hydrogen) atoms. The van der Waals surface area contributed by atoms with Gasteiger partial charge in [0.2, 0.25) is 11.8 Å². The molecule has 2 amide bonds. The largest absolute Gasteiger partial charge is 0.416 e. The molecule has 4 nitrogen and oxygen atoms in total. The van der Waals surface area contributed by atoms with Crippen molar-refractivity contribution >= 4 is 35.0 Å². The fourth-order valence-corrected chi connectivity index (χ4v) is 3.48. The molecule has 0 spiro atoms. The number of rotatable bonds is 3. The summed E-state index contributed by atoms with van der Waals surface area (Å²) in [5.41, 5.74) is -0.817. The van der Waals surface area contributed by atoms with Crippen LogP contribution < -0.4 is 10.6 Å². The maximum atomic E-state index is 13.5. The van der Waals surface area contributed by atoms with Crippen LogP contribution in [0.25, 0.3) is 0 Å². The van der Waals surface area contributed by atoms with Gasteiger partial charge in [0, 0.05) is 11.3 Å². The Morgan fingerprint density at radius 3 is 2.62 bits per heavy atom. The van der Waals surface area contributed by atoms with Gasteiger partial charge in [0.25, 0.3) is 0 Å². The van der Waals surface area contributed by atoms with E-state index in [9.17, 15) is 27.2 Å². The Morgan fingerprint density at radius 2 is 1.92 bits per heavy atom. The van der Waals surface area contributed by atoms with Crippen molar-refractivity contribution in [3.05, 3.63) is 53.8 Å². The van der Waals surface area contributed by atoms with Crippen molar-refractivity contribution in [1.29, 1.82) is 0 Å². The lowest BCUT2D eigenvalue weighted by Gasteiger charge is -2.24. The second-order valence-electron chi connectivity index (χ2n) is 5.54. The number of benzene rings is 2. The fraction of sp³-hybridized carbons (Fsp3) is 0.176. The van der Waals surface area contributed by atoms with Gasteiger partial charge in [-0.05, 0) is 30.3 Å². The molecule has 1 aliphatic rings. The number of para-hydroxylation sites is 1. The van der Waals surface area contributed by atoms with Crippen molar-refractivity contribution in [2.75, 3.05) is 10.6 Å². The lowest BCUT2D eigenvalue weighted by atomic mass is 10.1. The Kier molecular flexibility index (Phi) is 4.90. The van der Waals surface area contributed by atoms with Gasteiger partial charge in [-0.25, -0.2) is 4.39 Å². The highest BCUT2D eigenvalue weighted by molar-refractivity contribution is 8.01. The van der Waals surface area contributed by atoms with E-state index >= 15 is 0 Å². The molecule has 9 heteroatoms. The molecule has 0 saturated carbocycles. The molecule has 1 atom stereocenters. The van der Waals surface area contributed by atoms with Crippen LogP contribution in [0.5, 0.6) is 0 Å². The van der Waals surface area contributed by atoms with Crippen LogP contribution in [0.2, 0.25) is 0 Å². The Balaban J connectivity index is 1.70. The smallest absolute Gasteiger partial charge is 0.324 e. The second-order valence-corrected chi connectivity index (χ2v) is 6.78. The number of fused-ring (bicyclic) bond motifs is 1. The number of hydrogen-bond donors (Lipinski definition) is 2. The minimum Gasteiger partial charge on any atom is -0.324 e. The maximum Gasteiger partial charge on any atom is 0.416 e. The number of amides is 2. The van der Waals surface area contributed by atoms with Gasteiger partial charge >= 0.3 is 6.18 Å². The average molecular weight is 384 g/mol. The number of anilines is 2. The number of alkyl halides is 3. The molecule has 136 valence electrons. The van der Waals surface area contributed by atoms with E-state index in [2.05, 4.69) is 10.6 Å². The molecule has 3 rings (SSSR count). The third-order valence-electron chi connectivity index (χ3n) is 3.65. The van der Waals surface area contributed by atoms with Crippen LogP contribution in [0.3, 0.4) is 0 Å². The number of thioether (sulfide) groups is 1. The second kappa shape index (κ2) is 6.99. The highest BCUT2D eigenvalue weighted by atomic mass is 32.2. The van der Waals surface area contributed by atoms with Crippen LogP contribution in [0.1, 0.15) is 12.0 Å². The van der Waals surface area contributed by atoms with Gasteiger partial charge in [-0.3, -0.25) is 9.59 Å². The maximum absolute atomic E-state index is 13.5. The Bertz CT molecular complexity index is 870. The van der Waals surface area contributed by atoms with E-state index in [1.165, 1.54) is 24.3 Å². The van der Waals surface area contributed by atoms with Gasteiger partial charge < -0.3 is 10.6 Å². The highest BCUT2D eigenvalue weighted by Crippen LogP contribution is 2.40. The summed E-state index contributed by atoms with van der Waals surface area (Å²) in [6.45, 7) is 0. The summed E-state index contributed by atoms with van der Waals surface area (Å²) in [7, 11) is 0. The van der Waals surface area contributed by atoms with Crippen LogP contribution >= 0.6 is 11.8 Å². The Hall–Kier alpha value is -2.55. The van der Waals surface area contributed by atoms with Gasteiger partial charge in [0.15, 0.2) is 0 Å². The van der Waals surface area contributed by atoms with Gasteiger partial charge in [-0.1, -0.05) is 12.1 Å². The van der Waals surface area contributed by atoms with Crippen molar-refractivity contribution in [3.8, 4) is 0 Å². The molecule has 1 unspecified atom stereocenters. The van der Waals surface area contributed by atoms with Crippen molar-refractivity contribution < 1.29 is 27.2 Å². The average Bonchev–Trinajstić information content (AvgIpc) is 2.56. The minimum atomic E-state index is -4.51. The molecule has 1 heterocycles. The molecule has 2 aromatic carbocycles. The van der Waals surface area contributed by atoms with Crippen molar-refractivity contribution in [3.63, 3.8) is 0 Å². The SMILES string of the molecule is O=C(CC1Sc2ccc(C(F)(F)F)cc2NC1=O)Nc1ccccc1F. The zero-order chi connectivity index (χ0) is 18.9. The van der Waals surface area contributed by atoms with E-state index in [0.29, 0.717) is 4.90 Å². The van der Waals surface area contributed by atoms with Crippen LogP contribution in [-0.4, -0.2) is 17.1 Å². The van der Waals surface area contributed by atoms with Gasteiger partial charge in [-0.15, -0.1) is 11.8 Å². The van der Waals surface area contributed by atoms with Crippen LogP contribution in [0, 0.1) is 5.82 Å². The predicted molar refractivity (Wildman–Crippen MR) is 89.4 cm³/mol. The van der Waals surface area contributed by atoms with E-state index < -0.39 is 34.6 Å². The molecule has 1 aliphatic heterocycles. The third-order valence-corrected chi connectivity index (χ3v) is 4.92. The summed E-state index contributed by atoms with van der Waals surface area (Å²) in [5, 5.41) is 3.94. The predicted octanol–water partition coefficient (Wildman–Crippen LogP) is 4.29. The van der Waals surface area contributed by atoms with E-state index in [-0.39, 0.29) is 17.8 Å². The van der Waals surface area contributed by atoms with Crippen LogP contribution in [-0.2, 0) is 15.8 Å². The molecule has 2 aromatic rings. The zero-order valence-corrected chi connectivity index (χ0v) is 13.9. The Morgan fingerprint density at radius 1 is 1.19 bits per heavy atom. The lowest BCUT2D eigenvalue weighted by molar-refractivity contribution is -0.137. The summed E-state index contributed by atoms with van der Waals surface area (Å²) >= 11 is 0.994. The summed E-state index contributed by atoms with van der Waals surface area (Å²) in [6, 6.07) is 8.62. The molecule has 0 saturated heterocycles. The summed E-state index contributed by atoms with van der Waals surface area (Å²) in [4.78, 5) is 24.6. The van der Waals surface area contributed by atoms with Gasteiger partial charge in [0.05, 0.1) is 22.2 Å². The Labute approximate surface area is 150 Å². The van der Waals surface area contributed by atoms with Crippen molar-refractivity contribution in [2.45, 2.75) is 22.7 Å². The quantitative estimate of drug-likeness (QED) is 0.777. The first-order valence-corrected chi connectivity index (χ1v) is 8.35. The standard InChI is InChI=1S/C17H12F4N2O2S/c18-10-3-1-2-4-11(10)22-15(24)8-14-16(25)23-12-7-9(17(19,20)21)5-6-13(12)26-14/h1-7,14H,8H2,(H,22,24)(H,23,25). The number of halogens is 4. The molecule has 2 N–H and O–H groups in total. The van der Waals surface area contributed by atoms with E-state index in [1.807, 2.05) is 0 Å². The van der Waals surface area contributed by atoms with E-state index in [1.54, 1.807) is 6.07 Å². The van der Waals surface area contributed by atoms with E-state index in [4.69, 9.17) is 0 Å². The molecule has 0 aliphatic carbocycles. The summed E-state index contributed by atoms with van der Waals surface area (Å²) in [5.74, 6) is -1.75. The minimum absolute atomic E-state index is 0.00561. The topological polar surface area (TPSA) is 58.2 Å². The van der Waals surface area contributed by atoms with Crippen molar-refractivity contribution in [1.82, 2.24) is 0 Å². The number of nitrogens with one attached hydrogen (secondary N) is 2. The lowest BCUT2D eigenvalue weighted by Crippen LogP contribution is -2.32. The summed E-state index contributed by atoms with van der Waals surface area (Å²) < 4.78 is 51.8. The van der Waals surface area contributed by atoms with Crippen LogP contribution in [0.15, 0.2) is 47.4 Å². The molecule has 0 bridgehead atoms. The number of carbonyl (C=O) groups is 2. The number of hydrogen-bond acceptors (Lipinski definition) is 3. The van der Waals surface area contributed by atoms with Crippen LogP contribution in [0.4, 0.5) is 28.9 Å². The number of carbonyl (C=O) groups excluding carboxylic acids is 2. The fourth-order valence-electron chi connectivity index (χ4n) is 2.39. The van der Waals surface area contributed by atoms with Crippen molar-refractivity contribution in [2.24, 2.45) is 0 Å². The van der Waals surface area contributed by atoms with Gasteiger partial charge in [-0.2, -0.15) is 13.2 Å².